The molecule has 6 heteroatoms. The van der Waals surface area contributed by atoms with E-state index in [4.69, 9.17) is 16.3 Å². The SMILES string of the molecule is CCOc1cc(CCCCl)ccc1SC(F)(F)F. The molecule has 0 aromatic heterocycles. The fourth-order valence-corrected chi connectivity index (χ4v) is 2.19. The molecule has 0 radical (unpaired) electrons. The number of hydrogen-bond acceptors (Lipinski definition) is 2. The number of alkyl halides is 4. The first kappa shape index (κ1) is 15.5. The smallest absolute Gasteiger partial charge is 0.446 e. The van der Waals surface area contributed by atoms with Crippen LogP contribution in [-0.4, -0.2) is 18.0 Å². The number of benzene rings is 1. The average molecular weight is 299 g/mol. The Labute approximate surface area is 114 Å². The van der Waals surface area contributed by atoms with Crippen LogP contribution in [-0.2, 0) is 6.42 Å². The summed E-state index contributed by atoms with van der Waals surface area (Å²) in [4.78, 5) is 0.0963. The van der Waals surface area contributed by atoms with Crippen LogP contribution in [0.15, 0.2) is 23.1 Å². The van der Waals surface area contributed by atoms with Crippen LogP contribution in [0.3, 0.4) is 0 Å². The molecule has 0 saturated carbocycles. The fourth-order valence-electron chi connectivity index (χ4n) is 1.46. The number of rotatable bonds is 6. The van der Waals surface area contributed by atoms with Crippen LogP contribution in [0.25, 0.3) is 0 Å². The second-order valence-corrected chi connectivity index (χ2v) is 5.04. The van der Waals surface area contributed by atoms with Gasteiger partial charge in [0, 0.05) is 5.88 Å². The standard InChI is InChI=1S/C12H14ClF3OS/c1-2-17-10-8-9(4-3-7-13)5-6-11(10)18-12(14,15)16/h5-6,8H,2-4,7H2,1H3. The van der Waals surface area contributed by atoms with Gasteiger partial charge < -0.3 is 4.74 Å². The largest absolute Gasteiger partial charge is 0.493 e. The van der Waals surface area contributed by atoms with E-state index in [0.29, 0.717) is 12.5 Å². The molecule has 1 rings (SSSR count). The highest BCUT2D eigenvalue weighted by atomic mass is 35.5. The molecule has 0 spiro atoms. The van der Waals surface area contributed by atoms with Crippen LogP contribution in [0, 0.1) is 0 Å². The van der Waals surface area contributed by atoms with Gasteiger partial charge in [-0.25, -0.2) is 0 Å². The Balaban J connectivity index is 2.89. The van der Waals surface area contributed by atoms with E-state index in [-0.39, 0.29) is 22.4 Å². The quantitative estimate of drug-likeness (QED) is 0.547. The van der Waals surface area contributed by atoms with Gasteiger partial charge in [-0.05, 0) is 49.2 Å². The Morgan fingerprint density at radius 3 is 2.61 bits per heavy atom. The van der Waals surface area contributed by atoms with E-state index in [0.717, 1.165) is 18.4 Å². The zero-order valence-corrected chi connectivity index (χ0v) is 11.5. The van der Waals surface area contributed by atoms with E-state index in [1.807, 2.05) is 0 Å². The van der Waals surface area contributed by atoms with E-state index >= 15 is 0 Å². The molecule has 1 nitrogen and oxygen atoms in total. The molecule has 0 saturated heterocycles. The van der Waals surface area contributed by atoms with Gasteiger partial charge in [0.1, 0.15) is 5.75 Å². The first-order valence-corrected chi connectivity index (χ1v) is 6.88. The van der Waals surface area contributed by atoms with Crippen molar-refractivity contribution in [3.8, 4) is 5.75 Å². The van der Waals surface area contributed by atoms with Crippen molar-refractivity contribution in [2.45, 2.75) is 30.2 Å². The molecule has 0 bridgehead atoms. The van der Waals surface area contributed by atoms with Gasteiger partial charge in [-0.3, -0.25) is 0 Å². The normalized spacial score (nSPS) is 11.6. The molecule has 0 aliphatic rings. The molecule has 0 aliphatic carbocycles. The van der Waals surface area contributed by atoms with Crippen molar-refractivity contribution >= 4 is 23.4 Å². The minimum Gasteiger partial charge on any atom is -0.493 e. The predicted octanol–water partition coefficient (Wildman–Crippen LogP) is 4.87. The number of aryl methyl sites for hydroxylation is 1. The van der Waals surface area contributed by atoms with Crippen LogP contribution < -0.4 is 4.74 Å². The van der Waals surface area contributed by atoms with Gasteiger partial charge in [0.25, 0.3) is 0 Å². The van der Waals surface area contributed by atoms with Crippen molar-refractivity contribution in [2.24, 2.45) is 0 Å². The van der Waals surface area contributed by atoms with E-state index in [2.05, 4.69) is 0 Å². The van der Waals surface area contributed by atoms with Crippen molar-refractivity contribution in [3.63, 3.8) is 0 Å². The summed E-state index contributed by atoms with van der Waals surface area (Å²) >= 11 is 5.44. The number of hydrogen-bond donors (Lipinski definition) is 0. The third-order valence-corrected chi connectivity index (χ3v) is 3.19. The van der Waals surface area contributed by atoms with Crippen LogP contribution >= 0.6 is 23.4 Å². The van der Waals surface area contributed by atoms with Crippen LogP contribution in [0.5, 0.6) is 5.75 Å². The lowest BCUT2D eigenvalue weighted by molar-refractivity contribution is -0.0329. The molecule has 102 valence electrons. The maximum atomic E-state index is 12.4. The van der Waals surface area contributed by atoms with Crippen molar-refractivity contribution in [1.82, 2.24) is 0 Å². The summed E-state index contributed by atoms with van der Waals surface area (Å²) in [5, 5.41) is 0. The number of halogens is 4. The molecule has 1 aromatic carbocycles. The highest BCUT2D eigenvalue weighted by molar-refractivity contribution is 8.00. The zero-order valence-electron chi connectivity index (χ0n) is 9.89. The Morgan fingerprint density at radius 1 is 1.33 bits per heavy atom. The van der Waals surface area contributed by atoms with Crippen molar-refractivity contribution in [3.05, 3.63) is 23.8 Å². The van der Waals surface area contributed by atoms with Gasteiger partial charge in [-0.1, -0.05) is 6.07 Å². The molecule has 0 N–H and O–H groups in total. The topological polar surface area (TPSA) is 9.23 Å². The van der Waals surface area contributed by atoms with Gasteiger partial charge in [-0.15, -0.1) is 11.6 Å². The Hall–Kier alpha value is -0.550. The van der Waals surface area contributed by atoms with Crippen molar-refractivity contribution < 1.29 is 17.9 Å². The minimum absolute atomic E-state index is 0.0963. The molecule has 18 heavy (non-hydrogen) atoms. The lowest BCUT2D eigenvalue weighted by atomic mass is 10.1. The van der Waals surface area contributed by atoms with Crippen molar-refractivity contribution in [2.75, 3.05) is 12.5 Å². The first-order valence-electron chi connectivity index (χ1n) is 5.53. The van der Waals surface area contributed by atoms with Crippen LogP contribution in [0.4, 0.5) is 13.2 Å². The molecular weight excluding hydrogens is 285 g/mol. The van der Waals surface area contributed by atoms with E-state index < -0.39 is 5.51 Å². The van der Waals surface area contributed by atoms with E-state index in [1.54, 1.807) is 19.1 Å². The average Bonchev–Trinajstić information content (AvgIpc) is 2.28. The van der Waals surface area contributed by atoms with E-state index in [9.17, 15) is 13.2 Å². The lowest BCUT2D eigenvalue weighted by Crippen LogP contribution is -2.02. The maximum Gasteiger partial charge on any atom is 0.446 e. The summed E-state index contributed by atoms with van der Waals surface area (Å²) in [7, 11) is 0. The molecule has 0 atom stereocenters. The second kappa shape index (κ2) is 7.14. The van der Waals surface area contributed by atoms with Crippen LogP contribution in [0.2, 0.25) is 0 Å². The van der Waals surface area contributed by atoms with Gasteiger partial charge in [-0.2, -0.15) is 13.2 Å². The summed E-state index contributed by atoms with van der Waals surface area (Å²) in [5.74, 6) is 0.815. The third-order valence-electron chi connectivity index (χ3n) is 2.13. The monoisotopic (exact) mass is 298 g/mol. The molecule has 0 aliphatic heterocycles. The van der Waals surface area contributed by atoms with Gasteiger partial charge in [0.05, 0.1) is 11.5 Å². The summed E-state index contributed by atoms with van der Waals surface area (Å²) < 4.78 is 42.3. The van der Waals surface area contributed by atoms with E-state index in [1.165, 1.54) is 6.07 Å². The highest BCUT2D eigenvalue weighted by Crippen LogP contribution is 2.41. The Morgan fingerprint density at radius 2 is 2.06 bits per heavy atom. The zero-order chi connectivity index (χ0) is 13.6. The van der Waals surface area contributed by atoms with Gasteiger partial charge >= 0.3 is 5.51 Å². The first-order chi connectivity index (χ1) is 8.46. The summed E-state index contributed by atoms with van der Waals surface area (Å²) in [6.45, 7) is 2.08. The van der Waals surface area contributed by atoms with Gasteiger partial charge in [0.15, 0.2) is 0 Å². The Kier molecular flexibility index (Phi) is 6.15. The molecule has 0 unspecified atom stereocenters. The highest BCUT2D eigenvalue weighted by Gasteiger charge is 2.30. The van der Waals surface area contributed by atoms with Crippen molar-refractivity contribution in [1.29, 1.82) is 0 Å². The maximum absolute atomic E-state index is 12.4. The Bertz CT molecular complexity index is 382. The second-order valence-electron chi connectivity index (χ2n) is 3.55. The number of thioether (sulfide) groups is 1. The third kappa shape index (κ3) is 5.40. The molecule has 0 heterocycles. The molecule has 0 amide bonds. The molecule has 0 fully saturated rings. The van der Waals surface area contributed by atoms with Crippen LogP contribution in [0.1, 0.15) is 18.9 Å². The predicted molar refractivity (Wildman–Crippen MR) is 68.6 cm³/mol. The summed E-state index contributed by atoms with van der Waals surface area (Å²) in [5.41, 5.74) is -3.37. The number of ether oxygens (including phenoxy) is 1. The summed E-state index contributed by atoms with van der Waals surface area (Å²) in [6, 6.07) is 4.79. The molecular formula is C12H14ClF3OS. The molecule has 1 aromatic rings. The lowest BCUT2D eigenvalue weighted by Gasteiger charge is -2.13. The van der Waals surface area contributed by atoms with Gasteiger partial charge in [0.2, 0.25) is 0 Å². The fraction of sp³-hybridized carbons (Fsp3) is 0.500. The summed E-state index contributed by atoms with van der Waals surface area (Å²) in [6.07, 6.45) is 1.53. The minimum atomic E-state index is -4.30.